The van der Waals surface area contributed by atoms with Crippen LogP contribution in [0.5, 0.6) is 5.75 Å². The summed E-state index contributed by atoms with van der Waals surface area (Å²) in [6.45, 7) is 4.66. The maximum atomic E-state index is 13.6. The van der Waals surface area contributed by atoms with Crippen LogP contribution in [0.3, 0.4) is 0 Å². The monoisotopic (exact) mass is 621 g/mol. The Bertz CT molecular complexity index is 1570. The molecule has 4 rings (SSSR count). The average molecular weight is 622 g/mol. The van der Waals surface area contributed by atoms with Gasteiger partial charge in [0, 0.05) is 18.1 Å². The summed E-state index contributed by atoms with van der Waals surface area (Å²) in [6, 6.07) is 17.2. The molecule has 3 aromatic carbocycles. The summed E-state index contributed by atoms with van der Waals surface area (Å²) in [6.07, 6.45) is 0. The van der Waals surface area contributed by atoms with Gasteiger partial charge in [0.1, 0.15) is 18.9 Å². The third-order valence-electron chi connectivity index (χ3n) is 6.45. The van der Waals surface area contributed by atoms with Gasteiger partial charge >= 0.3 is 0 Å². The first-order valence-electron chi connectivity index (χ1n) is 12.9. The minimum absolute atomic E-state index is 0.0627. The molecule has 0 unspecified atom stereocenters. The highest BCUT2D eigenvalue weighted by Gasteiger charge is 2.29. The second-order valence-electron chi connectivity index (χ2n) is 9.44. The van der Waals surface area contributed by atoms with Crippen LogP contribution in [0.25, 0.3) is 0 Å². The molecule has 0 saturated carbocycles. The fraction of sp³-hybridized carbons (Fsp3) is 0.321. The van der Waals surface area contributed by atoms with Crippen molar-refractivity contribution in [2.24, 2.45) is 0 Å². The van der Waals surface area contributed by atoms with Crippen LogP contribution in [0.15, 0.2) is 76.5 Å². The van der Waals surface area contributed by atoms with Crippen molar-refractivity contribution in [3.8, 4) is 5.75 Å². The Kier molecular flexibility index (Phi) is 9.92. The number of hydrogen-bond donors (Lipinski definition) is 1. The predicted octanol–water partition coefficient (Wildman–Crippen LogP) is 3.37. The van der Waals surface area contributed by atoms with Crippen molar-refractivity contribution in [1.82, 2.24) is 9.62 Å². The molecule has 220 valence electrons. The van der Waals surface area contributed by atoms with E-state index < -0.39 is 32.5 Å². The fourth-order valence-corrected chi connectivity index (χ4v) is 7.35. The van der Waals surface area contributed by atoms with Gasteiger partial charge in [0.25, 0.3) is 10.0 Å². The summed E-state index contributed by atoms with van der Waals surface area (Å²) in [5.74, 6) is -0.0915. The van der Waals surface area contributed by atoms with Gasteiger partial charge < -0.3 is 14.8 Å². The summed E-state index contributed by atoms with van der Waals surface area (Å²) in [4.78, 5) is 13.1. The van der Waals surface area contributed by atoms with Crippen molar-refractivity contribution >= 4 is 43.2 Å². The predicted molar refractivity (Wildman–Crippen MR) is 156 cm³/mol. The maximum absolute atomic E-state index is 13.6. The molecule has 1 fully saturated rings. The third-order valence-corrected chi connectivity index (χ3v) is 10.4. The number of ether oxygens (including phenoxy) is 2. The Labute approximate surface area is 245 Å². The van der Waals surface area contributed by atoms with Crippen molar-refractivity contribution in [3.63, 3.8) is 0 Å². The van der Waals surface area contributed by atoms with E-state index in [4.69, 9.17) is 21.1 Å². The third kappa shape index (κ3) is 7.57. The molecule has 1 aliphatic rings. The summed E-state index contributed by atoms with van der Waals surface area (Å²) >= 11 is 6.08. The highest BCUT2D eigenvalue weighted by atomic mass is 35.5. The molecule has 0 aromatic heterocycles. The van der Waals surface area contributed by atoms with Crippen LogP contribution >= 0.6 is 11.6 Å². The van der Waals surface area contributed by atoms with Gasteiger partial charge in [-0.05, 0) is 74.0 Å². The van der Waals surface area contributed by atoms with Crippen LogP contribution in [0, 0.1) is 13.8 Å². The van der Waals surface area contributed by atoms with E-state index in [2.05, 4.69) is 5.32 Å². The van der Waals surface area contributed by atoms with Gasteiger partial charge in [0.05, 0.1) is 35.2 Å². The van der Waals surface area contributed by atoms with Crippen molar-refractivity contribution in [3.05, 3.63) is 82.9 Å². The van der Waals surface area contributed by atoms with Crippen molar-refractivity contribution in [1.29, 1.82) is 0 Å². The van der Waals surface area contributed by atoms with Crippen LogP contribution in [-0.2, 0) is 29.6 Å². The second kappa shape index (κ2) is 13.2. The van der Waals surface area contributed by atoms with E-state index >= 15 is 0 Å². The average Bonchev–Trinajstić information content (AvgIpc) is 2.95. The van der Waals surface area contributed by atoms with Crippen molar-refractivity contribution in [2.75, 3.05) is 50.3 Å². The highest BCUT2D eigenvalue weighted by molar-refractivity contribution is 7.92. The molecule has 0 aliphatic carbocycles. The number of hydrogen-bond acceptors (Lipinski definition) is 7. The lowest BCUT2D eigenvalue weighted by molar-refractivity contribution is -0.119. The Morgan fingerprint density at radius 2 is 1.59 bits per heavy atom. The Morgan fingerprint density at radius 3 is 2.22 bits per heavy atom. The van der Waals surface area contributed by atoms with E-state index in [0.29, 0.717) is 48.3 Å². The smallest absolute Gasteiger partial charge is 0.264 e. The number of carbonyl (C=O) groups excluding carboxylic acids is 1. The SMILES string of the molecule is Cc1ccc(S(=O)(=O)N(CC(=O)NCCOc2ccc(S(=O)(=O)N3CCOCC3)cc2)c2ccc(Cl)cc2C)cc1. The van der Waals surface area contributed by atoms with Crippen molar-refractivity contribution < 1.29 is 31.1 Å². The largest absolute Gasteiger partial charge is 0.492 e. The molecule has 1 amide bonds. The first kappa shape index (κ1) is 30.8. The van der Waals surface area contributed by atoms with E-state index in [1.165, 1.54) is 28.6 Å². The molecule has 0 spiro atoms. The zero-order valence-corrected chi connectivity index (χ0v) is 25.1. The van der Waals surface area contributed by atoms with E-state index in [9.17, 15) is 21.6 Å². The number of aryl methyl sites for hydroxylation is 2. The number of benzene rings is 3. The van der Waals surface area contributed by atoms with Gasteiger partial charge in [-0.15, -0.1) is 0 Å². The first-order chi connectivity index (χ1) is 19.5. The lowest BCUT2D eigenvalue weighted by atomic mass is 10.2. The molecule has 1 aliphatic heterocycles. The molecule has 1 N–H and O–H groups in total. The molecule has 1 heterocycles. The molecule has 41 heavy (non-hydrogen) atoms. The Hall–Kier alpha value is -3.16. The molecule has 3 aromatic rings. The van der Waals surface area contributed by atoms with Crippen LogP contribution in [0.4, 0.5) is 5.69 Å². The summed E-state index contributed by atoms with van der Waals surface area (Å²) in [5, 5.41) is 3.14. The standard InChI is InChI=1S/C28H32ClN3O7S2/c1-21-3-8-26(9-4-21)41(36,37)32(27-12-5-23(29)19-22(27)2)20-28(33)30-13-16-39-24-6-10-25(11-7-24)40(34,35)31-14-17-38-18-15-31/h3-12,19H,13-18,20H2,1-2H3,(H,30,33). The quantitative estimate of drug-likeness (QED) is 0.326. The summed E-state index contributed by atoms with van der Waals surface area (Å²) in [7, 11) is -7.67. The summed E-state index contributed by atoms with van der Waals surface area (Å²) in [5.41, 5.74) is 1.85. The van der Waals surface area contributed by atoms with E-state index in [1.54, 1.807) is 49.4 Å². The number of sulfonamides is 2. The number of carbonyl (C=O) groups is 1. The number of nitrogens with one attached hydrogen (secondary N) is 1. The van der Waals surface area contributed by atoms with Gasteiger partial charge in [0.2, 0.25) is 15.9 Å². The molecule has 10 nitrogen and oxygen atoms in total. The molecule has 1 saturated heterocycles. The van der Waals surface area contributed by atoms with E-state index in [0.717, 1.165) is 9.87 Å². The van der Waals surface area contributed by atoms with Gasteiger partial charge in [-0.25, -0.2) is 16.8 Å². The fourth-order valence-electron chi connectivity index (χ4n) is 4.23. The van der Waals surface area contributed by atoms with Gasteiger partial charge in [-0.2, -0.15) is 4.31 Å². The zero-order valence-electron chi connectivity index (χ0n) is 22.7. The maximum Gasteiger partial charge on any atom is 0.264 e. The number of morpholine rings is 1. The number of rotatable bonds is 11. The zero-order chi connectivity index (χ0) is 29.6. The van der Waals surface area contributed by atoms with E-state index in [1.807, 2.05) is 6.92 Å². The van der Waals surface area contributed by atoms with E-state index in [-0.39, 0.29) is 22.9 Å². The minimum Gasteiger partial charge on any atom is -0.492 e. The summed E-state index contributed by atoms with van der Waals surface area (Å²) < 4.78 is 66.0. The van der Waals surface area contributed by atoms with Crippen LogP contribution in [0.2, 0.25) is 5.02 Å². The number of nitrogens with zero attached hydrogens (tertiary/aromatic N) is 2. The Morgan fingerprint density at radius 1 is 0.951 bits per heavy atom. The normalized spacial score (nSPS) is 14.4. The second-order valence-corrected chi connectivity index (χ2v) is 13.7. The van der Waals surface area contributed by atoms with Crippen LogP contribution in [-0.4, -0.2) is 73.0 Å². The van der Waals surface area contributed by atoms with Crippen LogP contribution in [0.1, 0.15) is 11.1 Å². The van der Waals surface area contributed by atoms with Crippen LogP contribution < -0.4 is 14.4 Å². The highest BCUT2D eigenvalue weighted by Crippen LogP contribution is 2.29. The lowest BCUT2D eigenvalue weighted by Gasteiger charge is -2.26. The number of amides is 1. The molecule has 13 heteroatoms. The molecular weight excluding hydrogens is 590 g/mol. The number of halogens is 1. The number of anilines is 1. The molecule has 0 bridgehead atoms. The van der Waals surface area contributed by atoms with Crippen molar-refractivity contribution in [2.45, 2.75) is 23.6 Å². The van der Waals surface area contributed by atoms with Gasteiger partial charge in [-0.3, -0.25) is 9.10 Å². The minimum atomic E-state index is -4.06. The Balaban J connectivity index is 1.37. The molecule has 0 radical (unpaired) electrons. The topological polar surface area (TPSA) is 122 Å². The van der Waals surface area contributed by atoms with Gasteiger partial charge in [-0.1, -0.05) is 29.3 Å². The lowest BCUT2D eigenvalue weighted by Crippen LogP contribution is -2.42. The molecular formula is C28H32ClN3O7S2. The molecule has 0 atom stereocenters. The first-order valence-corrected chi connectivity index (χ1v) is 16.2. The van der Waals surface area contributed by atoms with Gasteiger partial charge in [0.15, 0.2) is 0 Å².